The van der Waals surface area contributed by atoms with Crippen LogP contribution in [0, 0.1) is 6.92 Å². The Hall–Kier alpha value is -2.44. The standard InChI is InChI=1S/C17H13ClN2O3S/c1-10-2-4-11(5-3-10)16(23)19-17-20(9-15(21)22)13-8-12(18)6-7-14(13)24-17/h2-8H,9H2,1H3,(H,21,22). The maximum Gasteiger partial charge on any atom is 0.323 e. The molecule has 122 valence electrons. The maximum absolute atomic E-state index is 12.4. The number of aliphatic carboxylic acids is 1. The number of benzene rings is 2. The second-order valence-corrected chi connectivity index (χ2v) is 6.71. The highest BCUT2D eigenvalue weighted by atomic mass is 35.5. The van der Waals surface area contributed by atoms with E-state index in [0.717, 1.165) is 10.3 Å². The summed E-state index contributed by atoms with van der Waals surface area (Å²) in [6.45, 7) is 1.64. The lowest BCUT2D eigenvalue weighted by atomic mass is 10.1. The Morgan fingerprint density at radius 2 is 1.92 bits per heavy atom. The molecule has 0 fully saturated rings. The number of carboxylic acids is 1. The predicted molar refractivity (Wildman–Crippen MR) is 93.5 cm³/mol. The summed E-state index contributed by atoms with van der Waals surface area (Å²) in [5.41, 5.74) is 2.15. The Morgan fingerprint density at radius 3 is 2.58 bits per heavy atom. The molecule has 0 saturated carbocycles. The fraction of sp³-hybridized carbons (Fsp3) is 0.118. The number of hydrogen-bond acceptors (Lipinski definition) is 3. The first kappa shape index (κ1) is 16.4. The van der Waals surface area contributed by atoms with Crippen LogP contribution in [0.5, 0.6) is 0 Å². The summed E-state index contributed by atoms with van der Waals surface area (Å²) in [5.74, 6) is -1.43. The fourth-order valence-corrected chi connectivity index (χ4v) is 3.44. The Morgan fingerprint density at radius 1 is 1.21 bits per heavy atom. The van der Waals surface area contributed by atoms with Gasteiger partial charge in [0.1, 0.15) is 6.54 Å². The molecule has 2 aromatic carbocycles. The number of nitrogens with zero attached hydrogens (tertiary/aromatic N) is 2. The Labute approximate surface area is 146 Å². The molecule has 1 heterocycles. The van der Waals surface area contributed by atoms with E-state index in [-0.39, 0.29) is 6.54 Å². The van der Waals surface area contributed by atoms with Gasteiger partial charge in [-0.25, -0.2) is 0 Å². The quantitative estimate of drug-likeness (QED) is 0.777. The number of aryl methyl sites for hydroxylation is 1. The average molecular weight is 361 g/mol. The van der Waals surface area contributed by atoms with Gasteiger partial charge in [0, 0.05) is 10.6 Å². The zero-order chi connectivity index (χ0) is 17.3. The first-order valence-corrected chi connectivity index (χ1v) is 8.30. The van der Waals surface area contributed by atoms with E-state index in [1.165, 1.54) is 15.9 Å². The van der Waals surface area contributed by atoms with Gasteiger partial charge in [0.2, 0.25) is 0 Å². The highest BCUT2D eigenvalue weighted by Crippen LogP contribution is 2.21. The van der Waals surface area contributed by atoms with E-state index in [9.17, 15) is 9.59 Å². The number of aromatic nitrogens is 1. The van der Waals surface area contributed by atoms with Gasteiger partial charge >= 0.3 is 5.97 Å². The number of halogens is 1. The molecule has 0 unspecified atom stereocenters. The molecule has 3 rings (SSSR count). The fourth-order valence-electron chi connectivity index (χ4n) is 2.26. The van der Waals surface area contributed by atoms with Gasteiger partial charge in [-0.3, -0.25) is 9.59 Å². The molecule has 7 heteroatoms. The Balaban J connectivity index is 2.15. The molecule has 1 N–H and O–H groups in total. The molecule has 3 aromatic rings. The van der Waals surface area contributed by atoms with Gasteiger partial charge in [0.25, 0.3) is 5.91 Å². The lowest BCUT2D eigenvalue weighted by Gasteiger charge is -2.01. The van der Waals surface area contributed by atoms with Crippen molar-refractivity contribution in [3.05, 3.63) is 63.4 Å². The largest absolute Gasteiger partial charge is 0.480 e. The summed E-state index contributed by atoms with van der Waals surface area (Å²) in [6, 6.07) is 12.2. The molecular weight excluding hydrogens is 348 g/mol. The van der Waals surface area contributed by atoms with Gasteiger partial charge in [-0.05, 0) is 37.3 Å². The van der Waals surface area contributed by atoms with Crippen LogP contribution in [-0.4, -0.2) is 21.6 Å². The maximum atomic E-state index is 12.4. The van der Waals surface area contributed by atoms with Crippen molar-refractivity contribution in [2.24, 2.45) is 4.99 Å². The number of carboxylic acid groups (broad SMARTS) is 1. The van der Waals surface area contributed by atoms with Crippen LogP contribution < -0.4 is 4.80 Å². The third-order valence-electron chi connectivity index (χ3n) is 3.43. The van der Waals surface area contributed by atoms with Crippen LogP contribution in [-0.2, 0) is 11.3 Å². The molecule has 0 aliphatic carbocycles. The van der Waals surface area contributed by atoms with E-state index in [1.807, 2.05) is 19.1 Å². The van der Waals surface area contributed by atoms with E-state index in [1.54, 1.807) is 30.3 Å². The Bertz CT molecular complexity index is 1000. The first-order valence-electron chi connectivity index (χ1n) is 7.10. The second-order valence-electron chi connectivity index (χ2n) is 5.26. The van der Waals surface area contributed by atoms with E-state index in [0.29, 0.717) is 20.9 Å². The third kappa shape index (κ3) is 3.39. The molecule has 1 aromatic heterocycles. The number of carbonyl (C=O) groups excluding carboxylic acids is 1. The smallest absolute Gasteiger partial charge is 0.323 e. The van der Waals surface area contributed by atoms with Gasteiger partial charge in [-0.15, -0.1) is 0 Å². The summed E-state index contributed by atoms with van der Waals surface area (Å²) in [7, 11) is 0. The molecule has 24 heavy (non-hydrogen) atoms. The lowest BCUT2D eigenvalue weighted by molar-refractivity contribution is -0.137. The number of fused-ring (bicyclic) bond motifs is 1. The van der Waals surface area contributed by atoms with Crippen molar-refractivity contribution in [1.29, 1.82) is 0 Å². The topological polar surface area (TPSA) is 71.7 Å². The van der Waals surface area contributed by atoms with Gasteiger partial charge in [0.05, 0.1) is 10.2 Å². The summed E-state index contributed by atoms with van der Waals surface area (Å²) in [4.78, 5) is 28.0. The minimum absolute atomic E-state index is 0.291. The van der Waals surface area contributed by atoms with Crippen LogP contribution >= 0.6 is 22.9 Å². The minimum Gasteiger partial charge on any atom is -0.480 e. The SMILES string of the molecule is Cc1ccc(C(=O)N=c2sc3ccc(Cl)cc3n2CC(=O)O)cc1. The lowest BCUT2D eigenvalue weighted by Crippen LogP contribution is -2.21. The van der Waals surface area contributed by atoms with Gasteiger partial charge < -0.3 is 9.67 Å². The van der Waals surface area contributed by atoms with Crippen molar-refractivity contribution in [2.75, 3.05) is 0 Å². The third-order valence-corrected chi connectivity index (χ3v) is 4.73. The highest BCUT2D eigenvalue weighted by molar-refractivity contribution is 7.16. The van der Waals surface area contributed by atoms with Gasteiger partial charge in [0.15, 0.2) is 4.80 Å². The molecule has 0 aliphatic rings. The van der Waals surface area contributed by atoms with E-state index < -0.39 is 11.9 Å². The van der Waals surface area contributed by atoms with Crippen molar-refractivity contribution in [2.45, 2.75) is 13.5 Å². The normalized spacial score (nSPS) is 11.8. The molecule has 0 spiro atoms. The molecule has 0 bridgehead atoms. The summed E-state index contributed by atoms with van der Waals surface area (Å²) in [5, 5.41) is 9.64. The number of amides is 1. The van der Waals surface area contributed by atoms with Crippen molar-refractivity contribution in [1.82, 2.24) is 4.57 Å². The van der Waals surface area contributed by atoms with E-state index in [2.05, 4.69) is 4.99 Å². The van der Waals surface area contributed by atoms with Crippen LogP contribution in [0.2, 0.25) is 5.02 Å². The summed E-state index contributed by atoms with van der Waals surface area (Å²) in [6.07, 6.45) is 0. The first-order chi connectivity index (χ1) is 11.4. The van der Waals surface area contributed by atoms with Crippen LogP contribution in [0.1, 0.15) is 15.9 Å². The summed E-state index contributed by atoms with van der Waals surface area (Å²) < 4.78 is 2.30. The number of hydrogen-bond donors (Lipinski definition) is 1. The predicted octanol–water partition coefficient (Wildman–Crippen LogP) is 3.49. The van der Waals surface area contributed by atoms with Crippen LogP contribution in [0.3, 0.4) is 0 Å². The van der Waals surface area contributed by atoms with Crippen LogP contribution in [0.15, 0.2) is 47.5 Å². The van der Waals surface area contributed by atoms with Crippen molar-refractivity contribution >= 4 is 45.0 Å². The van der Waals surface area contributed by atoms with Gasteiger partial charge in [-0.1, -0.05) is 40.6 Å². The molecule has 1 amide bonds. The zero-order valence-electron chi connectivity index (χ0n) is 12.7. The number of rotatable bonds is 3. The van der Waals surface area contributed by atoms with Crippen molar-refractivity contribution in [3.8, 4) is 0 Å². The molecule has 0 saturated heterocycles. The Kier molecular flexibility index (Phi) is 4.51. The molecule has 0 radical (unpaired) electrons. The monoisotopic (exact) mass is 360 g/mol. The molecule has 0 aliphatic heterocycles. The minimum atomic E-state index is -1.01. The number of carbonyl (C=O) groups is 2. The van der Waals surface area contributed by atoms with Crippen LogP contribution in [0.4, 0.5) is 0 Å². The van der Waals surface area contributed by atoms with Crippen molar-refractivity contribution in [3.63, 3.8) is 0 Å². The summed E-state index contributed by atoms with van der Waals surface area (Å²) >= 11 is 7.25. The van der Waals surface area contributed by atoms with E-state index >= 15 is 0 Å². The highest BCUT2D eigenvalue weighted by Gasteiger charge is 2.12. The van der Waals surface area contributed by atoms with Gasteiger partial charge in [-0.2, -0.15) is 4.99 Å². The molecule has 5 nitrogen and oxygen atoms in total. The molecule has 0 atom stereocenters. The van der Waals surface area contributed by atoms with Crippen molar-refractivity contribution < 1.29 is 14.7 Å². The second kappa shape index (κ2) is 6.59. The van der Waals surface area contributed by atoms with E-state index in [4.69, 9.17) is 16.7 Å². The average Bonchev–Trinajstić information content (AvgIpc) is 2.84. The van der Waals surface area contributed by atoms with Crippen LogP contribution in [0.25, 0.3) is 10.2 Å². The molecular formula is C17H13ClN2O3S. The zero-order valence-corrected chi connectivity index (χ0v) is 14.3. The number of thiazole rings is 1.